The zero-order valence-corrected chi connectivity index (χ0v) is 23.0. The Kier molecular flexibility index (Phi) is 7.07. The molecule has 1 N–H and O–H groups in total. The minimum Gasteiger partial charge on any atom is -0.507 e. The number of ketones is 1. The third kappa shape index (κ3) is 4.87. The van der Waals surface area contributed by atoms with E-state index in [4.69, 9.17) is 18.9 Å². The number of aliphatic hydroxyl groups is 1. The van der Waals surface area contributed by atoms with Crippen molar-refractivity contribution in [3.8, 4) is 23.0 Å². The number of nitrogens with zero attached hydrogens (tertiary/aromatic N) is 2. The average molecular weight is 571 g/mol. The van der Waals surface area contributed by atoms with Gasteiger partial charge in [0.1, 0.15) is 37.1 Å². The van der Waals surface area contributed by atoms with Gasteiger partial charge in [0, 0.05) is 5.56 Å². The van der Waals surface area contributed by atoms with Crippen LogP contribution in [0.25, 0.3) is 16.0 Å². The third-order valence-corrected chi connectivity index (χ3v) is 7.71. The topological polar surface area (TPSA) is 107 Å². The standard InChI is InChI=1S/C31H26N2O7S/c1-3-13-38-20-8-5-18(6-9-20)27-26(28(34)19-7-12-23-24(16-19)40-15-14-39-23)29(35)30(36)33(27)31-32-22-11-10-21(37-4-2)17-25(22)41-31/h3,5-12,16-17,27,34H,1,4,13-15H2,2H3. The fraction of sp³-hybridized carbons (Fsp3) is 0.194. The summed E-state index contributed by atoms with van der Waals surface area (Å²) in [6, 6.07) is 16.5. The Morgan fingerprint density at radius 3 is 2.56 bits per heavy atom. The van der Waals surface area contributed by atoms with Gasteiger partial charge < -0.3 is 24.1 Å². The molecule has 0 bridgehead atoms. The van der Waals surface area contributed by atoms with E-state index < -0.39 is 17.7 Å². The van der Waals surface area contributed by atoms with E-state index >= 15 is 0 Å². The molecule has 10 heteroatoms. The summed E-state index contributed by atoms with van der Waals surface area (Å²) in [6.45, 7) is 7.19. The van der Waals surface area contributed by atoms with Crippen molar-refractivity contribution in [2.45, 2.75) is 13.0 Å². The quantitative estimate of drug-likeness (QED) is 0.125. The highest BCUT2D eigenvalue weighted by atomic mass is 32.1. The van der Waals surface area contributed by atoms with Crippen LogP contribution >= 0.6 is 11.3 Å². The number of Topliss-reactive ketones (excluding diaryl/α,β-unsaturated/α-hetero) is 1. The van der Waals surface area contributed by atoms with Crippen LogP contribution < -0.4 is 23.8 Å². The van der Waals surface area contributed by atoms with Gasteiger partial charge in [-0.3, -0.25) is 14.5 Å². The smallest absolute Gasteiger partial charge is 0.301 e. The van der Waals surface area contributed by atoms with Gasteiger partial charge in [0.2, 0.25) is 0 Å². The monoisotopic (exact) mass is 570 g/mol. The lowest BCUT2D eigenvalue weighted by Gasteiger charge is -2.23. The molecule has 208 valence electrons. The van der Waals surface area contributed by atoms with E-state index in [0.29, 0.717) is 71.2 Å². The third-order valence-electron chi connectivity index (χ3n) is 6.69. The van der Waals surface area contributed by atoms with Gasteiger partial charge in [0.25, 0.3) is 5.78 Å². The second-order valence-electron chi connectivity index (χ2n) is 9.26. The van der Waals surface area contributed by atoms with Crippen LogP contribution in [0.4, 0.5) is 5.13 Å². The molecule has 1 atom stereocenters. The first-order chi connectivity index (χ1) is 20.0. The highest BCUT2D eigenvalue weighted by Crippen LogP contribution is 2.45. The lowest BCUT2D eigenvalue weighted by Crippen LogP contribution is -2.29. The maximum atomic E-state index is 13.6. The Balaban J connectivity index is 1.48. The van der Waals surface area contributed by atoms with Crippen LogP contribution in [0, 0.1) is 0 Å². The van der Waals surface area contributed by atoms with Crippen molar-refractivity contribution in [3.05, 3.63) is 90.0 Å². The van der Waals surface area contributed by atoms with Crippen molar-refractivity contribution in [3.63, 3.8) is 0 Å². The molecule has 0 saturated carbocycles. The number of benzene rings is 3. The molecule has 0 spiro atoms. The molecule has 9 nitrogen and oxygen atoms in total. The summed E-state index contributed by atoms with van der Waals surface area (Å²) in [6.07, 6.45) is 1.64. The molecule has 0 radical (unpaired) electrons. The van der Waals surface area contributed by atoms with Crippen LogP contribution in [-0.2, 0) is 9.59 Å². The largest absolute Gasteiger partial charge is 0.507 e. The van der Waals surface area contributed by atoms with Gasteiger partial charge in [-0.05, 0) is 61.0 Å². The molecule has 1 fully saturated rings. The van der Waals surface area contributed by atoms with E-state index in [-0.39, 0.29) is 11.3 Å². The molecule has 0 aliphatic carbocycles. The SMILES string of the molecule is C=CCOc1ccc(C2C(=C(O)c3ccc4c(c3)OCCO4)C(=O)C(=O)N2c2nc3ccc(OCC)cc3s2)cc1. The zero-order chi connectivity index (χ0) is 28.5. The number of aliphatic hydroxyl groups excluding tert-OH is 1. The predicted molar refractivity (Wildman–Crippen MR) is 155 cm³/mol. The molecule has 4 aromatic rings. The fourth-order valence-corrected chi connectivity index (χ4v) is 5.87. The predicted octanol–water partition coefficient (Wildman–Crippen LogP) is 5.66. The second kappa shape index (κ2) is 11.0. The number of carbonyl (C=O) groups excluding carboxylic acids is 2. The van der Waals surface area contributed by atoms with Crippen LogP contribution in [0.15, 0.2) is 78.9 Å². The number of fused-ring (bicyclic) bond motifs is 2. The van der Waals surface area contributed by atoms with E-state index in [9.17, 15) is 14.7 Å². The molecular weight excluding hydrogens is 544 g/mol. The minimum absolute atomic E-state index is 0.0549. The van der Waals surface area contributed by atoms with Gasteiger partial charge in [-0.1, -0.05) is 36.1 Å². The molecule has 1 aromatic heterocycles. The number of carbonyl (C=O) groups is 2. The Bertz CT molecular complexity index is 1690. The number of amides is 1. The molecule has 3 heterocycles. The van der Waals surface area contributed by atoms with E-state index in [1.807, 2.05) is 25.1 Å². The van der Waals surface area contributed by atoms with Gasteiger partial charge in [-0.2, -0.15) is 0 Å². The maximum Gasteiger partial charge on any atom is 0.301 e. The van der Waals surface area contributed by atoms with Crippen molar-refractivity contribution in [1.29, 1.82) is 0 Å². The highest BCUT2D eigenvalue weighted by molar-refractivity contribution is 7.22. The van der Waals surface area contributed by atoms with Gasteiger partial charge in [-0.25, -0.2) is 4.98 Å². The van der Waals surface area contributed by atoms with Crippen LogP contribution in [0.2, 0.25) is 0 Å². The fourth-order valence-electron chi connectivity index (χ4n) is 4.85. The number of thiazole rings is 1. The van der Waals surface area contributed by atoms with E-state index in [1.165, 1.54) is 16.2 Å². The Labute approximate surface area is 239 Å². The first-order valence-corrected chi connectivity index (χ1v) is 13.9. The van der Waals surface area contributed by atoms with Crippen LogP contribution in [0.1, 0.15) is 24.1 Å². The first-order valence-electron chi connectivity index (χ1n) is 13.1. The van der Waals surface area contributed by atoms with Gasteiger partial charge in [0.15, 0.2) is 16.6 Å². The van der Waals surface area contributed by atoms with Crippen molar-refractivity contribution >= 4 is 44.1 Å². The van der Waals surface area contributed by atoms with E-state index in [1.54, 1.807) is 48.5 Å². The molecule has 3 aromatic carbocycles. The number of ether oxygens (including phenoxy) is 4. The van der Waals surface area contributed by atoms with Crippen molar-refractivity contribution < 1.29 is 33.6 Å². The molecule has 6 rings (SSSR count). The highest BCUT2D eigenvalue weighted by Gasteiger charge is 2.48. The van der Waals surface area contributed by atoms with Crippen molar-refractivity contribution in [2.75, 3.05) is 31.3 Å². The summed E-state index contributed by atoms with van der Waals surface area (Å²) in [5.41, 5.74) is 1.53. The summed E-state index contributed by atoms with van der Waals surface area (Å²) in [4.78, 5) is 33.2. The minimum atomic E-state index is -0.941. The Morgan fingerprint density at radius 1 is 1.05 bits per heavy atom. The lowest BCUT2D eigenvalue weighted by molar-refractivity contribution is -0.132. The number of rotatable bonds is 8. The molecular formula is C31H26N2O7S. The van der Waals surface area contributed by atoms with Gasteiger partial charge in [-0.15, -0.1) is 0 Å². The van der Waals surface area contributed by atoms with Crippen LogP contribution in [0.3, 0.4) is 0 Å². The summed E-state index contributed by atoms with van der Waals surface area (Å²) < 4.78 is 23.3. The van der Waals surface area contributed by atoms with E-state index in [0.717, 1.165) is 4.70 Å². The Hall–Kier alpha value is -4.83. The number of anilines is 1. The number of aromatic nitrogens is 1. The normalized spacial score (nSPS) is 17.6. The van der Waals surface area contributed by atoms with Crippen LogP contribution in [0.5, 0.6) is 23.0 Å². The van der Waals surface area contributed by atoms with Crippen molar-refractivity contribution in [2.24, 2.45) is 0 Å². The Morgan fingerprint density at radius 2 is 1.80 bits per heavy atom. The molecule has 2 aliphatic rings. The lowest BCUT2D eigenvalue weighted by atomic mass is 9.95. The summed E-state index contributed by atoms with van der Waals surface area (Å²) in [5, 5.41) is 11.9. The number of hydrogen-bond donors (Lipinski definition) is 1. The summed E-state index contributed by atoms with van der Waals surface area (Å²) >= 11 is 1.27. The van der Waals surface area contributed by atoms with E-state index in [2.05, 4.69) is 11.6 Å². The molecule has 41 heavy (non-hydrogen) atoms. The van der Waals surface area contributed by atoms with Crippen LogP contribution in [-0.4, -0.2) is 48.2 Å². The second-order valence-corrected chi connectivity index (χ2v) is 10.3. The first kappa shape index (κ1) is 26.4. The zero-order valence-electron chi connectivity index (χ0n) is 22.2. The summed E-state index contributed by atoms with van der Waals surface area (Å²) in [5.74, 6) is 0.351. The molecule has 1 unspecified atom stereocenters. The molecule has 2 aliphatic heterocycles. The summed E-state index contributed by atoms with van der Waals surface area (Å²) in [7, 11) is 0. The molecule has 1 saturated heterocycles. The maximum absolute atomic E-state index is 13.6. The molecule has 1 amide bonds. The van der Waals surface area contributed by atoms with Gasteiger partial charge in [0.05, 0.1) is 28.4 Å². The van der Waals surface area contributed by atoms with Gasteiger partial charge >= 0.3 is 5.91 Å². The van der Waals surface area contributed by atoms with Crippen molar-refractivity contribution in [1.82, 2.24) is 4.98 Å². The number of hydrogen-bond acceptors (Lipinski definition) is 9. The average Bonchev–Trinajstić information content (AvgIpc) is 3.53.